The standard InChI is InChI=1S/C10H6ClFS/c11-8-1-2-9(10(12)5-8)7-3-4-13-6-7/h1-6H. The molecule has 1 aromatic heterocycles. The van der Waals surface area contributed by atoms with Crippen LogP contribution >= 0.6 is 22.9 Å². The monoisotopic (exact) mass is 212 g/mol. The average molecular weight is 213 g/mol. The molecule has 1 heterocycles. The fourth-order valence-electron chi connectivity index (χ4n) is 1.14. The Balaban J connectivity index is 2.53. The summed E-state index contributed by atoms with van der Waals surface area (Å²) >= 11 is 7.19. The van der Waals surface area contributed by atoms with E-state index < -0.39 is 0 Å². The van der Waals surface area contributed by atoms with Gasteiger partial charge in [-0.05, 0) is 40.6 Å². The zero-order valence-electron chi connectivity index (χ0n) is 6.63. The van der Waals surface area contributed by atoms with Gasteiger partial charge in [-0.3, -0.25) is 0 Å². The van der Waals surface area contributed by atoms with Crippen molar-refractivity contribution in [1.82, 2.24) is 0 Å². The summed E-state index contributed by atoms with van der Waals surface area (Å²) in [5.41, 5.74) is 1.50. The van der Waals surface area contributed by atoms with Crippen molar-refractivity contribution >= 4 is 22.9 Å². The van der Waals surface area contributed by atoms with Crippen LogP contribution in [0.25, 0.3) is 11.1 Å². The Kier molecular flexibility index (Phi) is 2.34. The molecule has 0 aliphatic rings. The molecule has 0 saturated heterocycles. The molecule has 0 saturated carbocycles. The first-order chi connectivity index (χ1) is 6.27. The first-order valence-electron chi connectivity index (χ1n) is 3.75. The van der Waals surface area contributed by atoms with E-state index in [1.807, 2.05) is 16.8 Å². The summed E-state index contributed by atoms with van der Waals surface area (Å²) in [6, 6.07) is 6.60. The second-order valence-corrected chi connectivity index (χ2v) is 3.85. The summed E-state index contributed by atoms with van der Waals surface area (Å²) in [5.74, 6) is -0.272. The largest absolute Gasteiger partial charge is 0.206 e. The summed E-state index contributed by atoms with van der Waals surface area (Å²) in [7, 11) is 0. The summed E-state index contributed by atoms with van der Waals surface area (Å²) in [4.78, 5) is 0. The molecule has 0 spiro atoms. The van der Waals surface area contributed by atoms with Gasteiger partial charge in [-0.2, -0.15) is 11.3 Å². The number of thiophene rings is 1. The van der Waals surface area contributed by atoms with Crippen LogP contribution < -0.4 is 0 Å². The maximum atomic E-state index is 13.3. The second kappa shape index (κ2) is 3.48. The third-order valence-electron chi connectivity index (χ3n) is 1.76. The van der Waals surface area contributed by atoms with Crippen LogP contribution in [0.3, 0.4) is 0 Å². The van der Waals surface area contributed by atoms with Gasteiger partial charge in [0, 0.05) is 10.6 Å². The molecule has 2 rings (SSSR count). The lowest BCUT2D eigenvalue weighted by atomic mass is 10.1. The van der Waals surface area contributed by atoms with Crippen LogP contribution in [0.15, 0.2) is 35.0 Å². The maximum absolute atomic E-state index is 13.3. The highest BCUT2D eigenvalue weighted by Gasteiger charge is 2.04. The Morgan fingerprint density at radius 2 is 2.08 bits per heavy atom. The summed E-state index contributed by atoms with van der Waals surface area (Å²) in [6.07, 6.45) is 0. The lowest BCUT2D eigenvalue weighted by Gasteiger charge is -1.99. The maximum Gasteiger partial charge on any atom is 0.132 e. The van der Waals surface area contributed by atoms with Crippen molar-refractivity contribution < 1.29 is 4.39 Å². The van der Waals surface area contributed by atoms with E-state index in [1.165, 1.54) is 6.07 Å². The van der Waals surface area contributed by atoms with Gasteiger partial charge in [-0.1, -0.05) is 11.6 Å². The Hall–Kier alpha value is -0.860. The Labute approximate surface area is 84.6 Å². The van der Waals surface area contributed by atoms with Crippen LogP contribution in [0.1, 0.15) is 0 Å². The van der Waals surface area contributed by atoms with E-state index >= 15 is 0 Å². The van der Waals surface area contributed by atoms with E-state index in [0.29, 0.717) is 10.6 Å². The molecule has 13 heavy (non-hydrogen) atoms. The SMILES string of the molecule is Fc1cc(Cl)ccc1-c1ccsc1. The Morgan fingerprint density at radius 1 is 1.23 bits per heavy atom. The Bertz CT molecular complexity index is 409. The molecular formula is C10H6ClFS. The number of hydrogen-bond acceptors (Lipinski definition) is 1. The smallest absolute Gasteiger partial charge is 0.132 e. The van der Waals surface area contributed by atoms with Gasteiger partial charge in [0.2, 0.25) is 0 Å². The minimum Gasteiger partial charge on any atom is -0.206 e. The van der Waals surface area contributed by atoms with Crippen molar-refractivity contribution in [1.29, 1.82) is 0 Å². The van der Waals surface area contributed by atoms with E-state index in [2.05, 4.69) is 0 Å². The lowest BCUT2D eigenvalue weighted by Crippen LogP contribution is -1.80. The van der Waals surface area contributed by atoms with E-state index in [-0.39, 0.29) is 5.82 Å². The van der Waals surface area contributed by atoms with Gasteiger partial charge in [-0.15, -0.1) is 0 Å². The molecule has 0 unspecified atom stereocenters. The molecule has 0 aliphatic heterocycles. The average Bonchev–Trinajstić information content (AvgIpc) is 2.56. The molecule has 0 aliphatic carbocycles. The summed E-state index contributed by atoms with van der Waals surface area (Å²) < 4.78 is 13.3. The quantitative estimate of drug-likeness (QED) is 0.665. The highest BCUT2D eigenvalue weighted by Crippen LogP contribution is 2.26. The van der Waals surface area contributed by atoms with Crippen molar-refractivity contribution in [2.45, 2.75) is 0 Å². The van der Waals surface area contributed by atoms with Crippen LogP contribution in [0.4, 0.5) is 4.39 Å². The molecule has 1 aromatic carbocycles. The molecular weight excluding hydrogens is 207 g/mol. The fourth-order valence-corrected chi connectivity index (χ4v) is 1.96. The van der Waals surface area contributed by atoms with Crippen LogP contribution in [-0.4, -0.2) is 0 Å². The molecule has 0 fully saturated rings. The van der Waals surface area contributed by atoms with Crippen LogP contribution in [-0.2, 0) is 0 Å². The molecule has 0 N–H and O–H groups in total. The van der Waals surface area contributed by atoms with E-state index in [0.717, 1.165) is 5.56 Å². The molecule has 0 atom stereocenters. The van der Waals surface area contributed by atoms with Crippen molar-refractivity contribution in [3.05, 3.63) is 45.9 Å². The van der Waals surface area contributed by atoms with Crippen LogP contribution in [0.5, 0.6) is 0 Å². The van der Waals surface area contributed by atoms with Crippen LogP contribution in [0, 0.1) is 5.82 Å². The molecule has 66 valence electrons. The summed E-state index contributed by atoms with van der Waals surface area (Å²) in [6.45, 7) is 0. The van der Waals surface area contributed by atoms with E-state index in [9.17, 15) is 4.39 Å². The van der Waals surface area contributed by atoms with Gasteiger partial charge in [0.05, 0.1) is 0 Å². The van der Waals surface area contributed by atoms with Crippen molar-refractivity contribution in [2.24, 2.45) is 0 Å². The third kappa shape index (κ3) is 1.74. The van der Waals surface area contributed by atoms with Crippen LogP contribution in [0.2, 0.25) is 5.02 Å². The molecule has 0 nitrogen and oxygen atoms in total. The lowest BCUT2D eigenvalue weighted by molar-refractivity contribution is 0.631. The van der Waals surface area contributed by atoms with E-state index in [4.69, 9.17) is 11.6 Å². The zero-order chi connectivity index (χ0) is 9.26. The molecule has 0 radical (unpaired) electrons. The number of rotatable bonds is 1. The second-order valence-electron chi connectivity index (χ2n) is 2.64. The topological polar surface area (TPSA) is 0 Å². The van der Waals surface area contributed by atoms with Gasteiger partial charge in [-0.25, -0.2) is 4.39 Å². The van der Waals surface area contributed by atoms with Gasteiger partial charge in [0.1, 0.15) is 5.82 Å². The minimum absolute atomic E-state index is 0.272. The van der Waals surface area contributed by atoms with Gasteiger partial charge >= 0.3 is 0 Å². The first kappa shape index (κ1) is 8.73. The number of halogens is 2. The fraction of sp³-hybridized carbons (Fsp3) is 0. The summed E-state index contributed by atoms with van der Waals surface area (Å²) in [5, 5.41) is 4.26. The van der Waals surface area contributed by atoms with Gasteiger partial charge in [0.25, 0.3) is 0 Å². The van der Waals surface area contributed by atoms with Crippen molar-refractivity contribution in [3.8, 4) is 11.1 Å². The van der Waals surface area contributed by atoms with Crippen molar-refractivity contribution in [2.75, 3.05) is 0 Å². The normalized spacial score (nSPS) is 10.3. The van der Waals surface area contributed by atoms with E-state index in [1.54, 1.807) is 23.5 Å². The number of hydrogen-bond donors (Lipinski definition) is 0. The molecule has 0 bridgehead atoms. The molecule has 3 heteroatoms. The van der Waals surface area contributed by atoms with Crippen molar-refractivity contribution in [3.63, 3.8) is 0 Å². The van der Waals surface area contributed by atoms with Gasteiger partial charge in [0.15, 0.2) is 0 Å². The predicted octanol–water partition coefficient (Wildman–Crippen LogP) is 4.21. The molecule has 2 aromatic rings. The molecule has 0 amide bonds. The Morgan fingerprint density at radius 3 is 2.69 bits per heavy atom. The number of benzene rings is 1. The predicted molar refractivity (Wildman–Crippen MR) is 54.7 cm³/mol. The van der Waals surface area contributed by atoms with Gasteiger partial charge < -0.3 is 0 Å². The highest BCUT2D eigenvalue weighted by atomic mass is 35.5. The highest BCUT2D eigenvalue weighted by molar-refractivity contribution is 7.08. The minimum atomic E-state index is -0.272. The third-order valence-corrected chi connectivity index (χ3v) is 2.68. The zero-order valence-corrected chi connectivity index (χ0v) is 8.20. The first-order valence-corrected chi connectivity index (χ1v) is 5.07.